The second kappa shape index (κ2) is 5.58. The maximum atomic E-state index is 13.3. The largest absolute Gasteiger partial charge is 0.459 e. The number of nitrogen functional groups attached to an aromatic ring is 1. The number of ether oxygens (including phenoxy) is 1. The number of rotatable bonds is 3. The molecular formula is C14H13F2NO2S. The summed E-state index contributed by atoms with van der Waals surface area (Å²) < 4.78 is 31.4. The van der Waals surface area contributed by atoms with Gasteiger partial charge in [0.25, 0.3) is 0 Å². The van der Waals surface area contributed by atoms with Gasteiger partial charge in [-0.15, -0.1) is 11.3 Å². The van der Waals surface area contributed by atoms with Crippen molar-refractivity contribution in [1.82, 2.24) is 0 Å². The molecule has 0 radical (unpaired) electrons. The van der Waals surface area contributed by atoms with Crippen LogP contribution in [0.5, 0.6) is 0 Å². The van der Waals surface area contributed by atoms with Crippen molar-refractivity contribution < 1.29 is 18.3 Å². The van der Waals surface area contributed by atoms with Crippen LogP contribution < -0.4 is 5.73 Å². The molecule has 0 saturated heterocycles. The molecule has 6 heteroatoms. The Morgan fingerprint density at radius 3 is 2.60 bits per heavy atom. The van der Waals surface area contributed by atoms with Gasteiger partial charge in [0, 0.05) is 10.9 Å². The molecular weight excluding hydrogens is 284 g/mol. The summed E-state index contributed by atoms with van der Waals surface area (Å²) in [6, 6.07) is 3.44. The van der Waals surface area contributed by atoms with Crippen LogP contribution >= 0.6 is 11.3 Å². The van der Waals surface area contributed by atoms with Gasteiger partial charge in [-0.2, -0.15) is 0 Å². The first-order chi connectivity index (χ1) is 9.40. The minimum Gasteiger partial charge on any atom is -0.459 e. The molecule has 0 aliphatic rings. The molecule has 106 valence electrons. The average molecular weight is 297 g/mol. The van der Waals surface area contributed by atoms with E-state index in [2.05, 4.69) is 0 Å². The van der Waals surface area contributed by atoms with E-state index in [1.165, 1.54) is 6.07 Å². The third kappa shape index (κ3) is 2.80. The Kier molecular flexibility index (Phi) is 4.04. The Bertz CT molecular complexity index is 653. The molecule has 0 spiro atoms. The molecule has 3 nitrogen and oxygen atoms in total. The van der Waals surface area contributed by atoms with E-state index in [9.17, 15) is 13.6 Å². The molecule has 0 fully saturated rings. The number of halogens is 2. The number of nitrogens with two attached hydrogens (primary N) is 1. The van der Waals surface area contributed by atoms with E-state index < -0.39 is 17.6 Å². The van der Waals surface area contributed by atoms with E-state index in [1.54, 1.807) is 19.2 Å². The monoisotopic (exact) mass is 297 g/mol. The quantitative estimate of drug-likeness (QED) is 0.876. The summed E-state index contributed by atoms with van der Waals surface area (Å²) in [5.74, 6) is -2.49. The van der Waals surface area contributed by atoms with Crippen molar-refractivity contribution in [3.8, 4) is 11.1 Å². The summed E-state index contributed by atoms with van der Waals surface area (Å²) in [5, 5.41) is 1.91. The first-order valence-corrected chi connectivity index (χ1v) is 6.81. The van der Waals surface area contributed by atoms with Gasteiger partial charge in [-0.25, -0.2) is 13.6 Å². The first-order valence-electron chi connectivity index (χ1n) is 5.93. The summed E-state index contributed by atoms with van der Waals surface area (Å²) in [7, 11) is 0. The van der Waals surface area contributed by atoms with E-state index in [-0.39, 0.29) is 16.7 Å². The van der Waals surface area contributed by atoms with Crippen molar-refractivity contribution >= 4 is 22.3 Å². The van der Waals surface area contributed by atoms with Gasteiger partial charge in [0.15, 0.2) is 11.6 Å². The van der Waals surface area contributed by atoms with Gasteiger partial charge in [0.2, 0.25) is 0 Å². The van der Waals surface area contributed by atoms with Gasteiger partial charge in [-0.1, -0.05) is 6.07 Å². The number of thiophene rings is 1. The fourth-order valence-corrected chi connectivity index (χ4v) is 2.54. The van der Waals surface area contributed by atoms with E-state index in [4.69, 9.17) is 10.5 Å². The van der Waals surface area contributed by atoms with Crippen molar-refractivity contribution in [2.75, 3.05) is 5.73 Å². The second-order valence-corrected chi connectivity index (χ2v) is 5.38. The molecule has 0 bridgehead atoms. The second-order valence-electron chi connectivity index (χ2n) is 4.47. The lowest BCUT2D eigenvalue weighted by atomic mass is 10.0. The van der Waals surface area contributed by atoms with Crippen LogP contribution in [0.4, 0.5) is 13.8 Å². The first kappa shape index (κ1) is 14.5. The Hall–Kier alpha value is -1.95. The Morgan fingerprint density at radius 2 is 2.00 bits per heavy atom. The molecule has 1 aromatic heterocycles. The fraction of sp³-hybridized carbons (Fsp3) is 0.214. The Morgan fingerprint density at radius 1 is 1.30 bits per heavy atom. The summed E-state index contributed by atoms with van der Waals surface area (Å²) in [4.78, 5) is 12.0. The molecule has 2 N–H and O–H groups in total. The molecule has 0 amide bonds. The van der Waals surface area contributed by atoms with E-state index in [1.807, 2.05) is 0 Å². The molecule has 2 aromatic rings. The minimum absolute atomic E-state index is 0.190. The lowest BCUT2D eigenvalue weighted by Gasteiger charge is -2.09. The van der Waals surface area contributed by atoms with E-state index in [0.29, 0.717) is 11.1 Å². The van der Waals surface area contributed by atoms with Gasteiger partial charge < -0.3 is 10.5 Å². The SMILES string of the molecule is CC(C)OC(=O)c1c(-c2ccc(F)c(F)c2)csc1N. The molecule has 20 heavy (non-hydrogen) atoms. The molecule has 0 unspecified atom stereocenters. The van der Waals surface area contributed by atoms with Gasteiger partial charge in [-0.3, -0.25) is 0 Å². The maximum absolute atomic E-state index is 13.3. The summed E-state index contributed by atoms with van der Waals surface area (Å²) in [5.41, 5.74) is 6.79. The number of hydrogen-bond donors (Lipinski definition) is 1. The number of carbonyl (C=O) groups excluding carboxylic acids is 1. The third-order valence-corrected chi connectivity index (χ3v) is 3.41. The predicted molar refractivity (Wildman–Crippen MR) is 74.6 cm³/mol. The van der Waals surface area contributed by atoms with Crippen LogP contribution in [0.1, 0.15) is 24.2 Å². The topological polar surface area (TPSA) is 52.3 Å². The molecule has 1 heterocycles. The smallest absolute Gasteiger partial charge is 0.342 e. The van der Waals surface area contributed by atoms with Gasteiger partial charge in [-0.05, 0) is 31.5 Å². The van der Waals surface area contributed by atoms with Gasteiger partial charge >= 0.3 is 5.97 Å². The number of hydrogen-bond acceptors (Lipinski definition) is 4. The zero-order valence-electron chi connectivity index (χ0n) is 10.9. The summed E-state index contributed by atoms with van der Waals surface area (Å²) in [6.45, 7) is 3.44. The van der Waals surface area contributed by atoms with Crippen molar-refractivity contribution in [3.05, 3.63) is 40.8 Å². The normalized spacial score (nSPS) is 10.8. The van der Waals surface area contributed by atoms with Crippen molar-refractivity contribution in [2.45, 2.75) is 20.0 Å². The van der Waals surface area contributed by atoms with Crippen molar-refractivity contribution in [3.63, 3.8) is 0 Å². The van der Waals surface area contributed by atoms with Crippen LogP contribution in [-0.4, -0.2) is 12.1 Å². The number of benzene rings is 1. The Balaban J connectivity index is 2.47. The highest BCUT2D eigenvalue weighted by Crippen LogP contribution is 2.34. The minimum atomic E-state index is -0.976. The molecule has 0 aliphatic carbocycles. The zero-order valence-corrected chi connectivity index (χ0v) is 11.8. The molecule has 0 aliphatic heterocycles. The third-order valence-electron chi connectivity index (χ3n) is 2.60. The molecule has 0 saturated carbocycles. The van der Waals surface area contributed by atoms with Crippen molar-refractivity contribution in [1.29, 1.82) is 0 Å². The van der Waals surface area contributed by atoms with Crippen LogP contribution in [0.25, 0.3) is 11.1 Å². The van der Waals surface area contributed by atoms with Crippen LogP contribution in [0.3, 0.4) is 0 Å². The standard InChI is InChI=1S/C14H13F2NO2S/c1-7(2)19-14(18)12-9(6-20-13(12)17)8-3-4-10(15)11(16)5-8/h3-7H,17H2,1-2H3. The predicted octanol–water partition coefficient (Wildman–Crippen LogP) is 3.84. The zero-order chi connectivity index (χ0) is 14.9. The molecule has 1 aromatic carbocycles. The number of esters is 1. The van der Waals surface area contributed by atoms with E-state index in [0.717, 1.165) is 23.5 Å². The van der Waals surface area contributed by atoms with Crippen LogP contribution in [0.2, 0.25) is 0 Å². The summed E-state index contributed by atoms with van der Waals surface area (Å²) >= 11 is 1.15. The molecule has 2 rings (SSSR count). The Labute approximate surface area is 119 Å². The van der Waals surface area contributed by atoms with Crippen molar-refractivity contribution in [2.24, 2.45) is 0 Å². The highest BCUT2D eigenvalue weighted by molar-refractivity contribution is 7.14. The number of anilines is 1. The van der Waals surface area contributed by atoms with Gasteiger partial charge in [0.05, 0.1) is 6.10 Å². The highest BCUT2D eigenvalue weighted by atomic mass is 32.1. The van der Waals surface area contributed by atoms with Crippen LogP contribution in [-0.2, 0) is 4.74 Å². The molecule has 0 atom stereocenters. The lowest BCUT2D eigenvalue weighted by Crippen LogP contribution is -2.13. The van der Waals surface area contributed by atoms with E-state index >= 15 is 0 Å². The van der Waals surface area contributed by atoms with Crippen LogP contribution in [0, 0.1) is 11.6 Å². The lowest BCUT2D eigenvalue weighted by molar-refractivity contribution is 0.0380. The summed E-state index contributed by atoms with van der Waals surface area (Å²) in [6.07, 6.45) is -0.292. The van der Waals surface area contributed by atoms with Gasteiger partial charge in [0.1, 0.15) is 10.6 Å². The average Bonchev–Trinajstić information content (AvgIpc) is 2.74. The highest BCUT2D eigenvalue weighted by Gasteiger charge is 2.21. The fourth-order valence-electron chi connectivity index (χ4n) is 1.73. The number of carbonyl (C=O) groups is 1. The van der Waals surface area contributed by atoms with Crippen LogP contribution in [0.15, 0.2) is 23.6 Å². The maximum Gasteiger partial charge on any atom is 0.342 e.